The first kappa shape index (κ1) is 15.8. The Kier molecular flexibility index (Phi) is 5.11. The van der Waals surface area contributed by atoms with E-state index in [1.165, 1.54) is 25.3 Å². The van der Waals surface area contributed by atoms with E-state index in [2.05, 4.69) is 42.0 Å². The third-order valence-corrected chi connectivity index (χ3v) is 4.98. The Balaban J connectivity index is 1.97. The lowest BCUT2D eigenvalue weighted by molar-refractivity contribution is 0.214. The van der Waals surface area contributed by atoms with Crippen LogP contribution in [0.25, 0.3) is 0 Å². The second-order valence-electron chi connectivity index (χ2n) is 7.04. The molecule has 2 unspecified atom stereocenters. The van der Waals surface area contributed by atoms with Gasteiger partial charge < -0.3 is 5.32 Å². The zero-order chi connectivity index (χ0) is 14.8. The fraction of sp³-hybridized carbons (Fsp3) is 0.647. The van der Waals surface area contributed by atoms with Crippen LogP contribution in [0.5, 0.6) is 0 Å². The van der Waals surface area contributed by atoms with E-state index in [1.54, 1.807) is 0 Å². The molecule has 1 aliphatic rings. The number of nitrogens with one attached hydrogen (secondary N) is 1. The molecule has 0 amide bonds. The van der Waals surface area contributed by atoms with Gasteiger partial charge in [0.15, 0.2) is 0 Å². The summed E-state index contributed by atoms with van der Waals surface area (Å²) in [5.41, 5.74) is 1.02. The molecule has 1 nitrogen and oxygen atoms in total. The molecule has 0 aromatic heterocycles. The normalized spacial score (nSPS) is 24.2. The Bertz CT molecular complexity index is 453. The second-order valence-corrected chi connectivity index (χ2v) is 7.95. The van der Waals surface area contributed by atoms with E-state index >= 15 is 0 Å². The van der Waals surface area contributed by atoms with Gasteiger partial charge in [-0.15, -0.1) is 0 Å². The lowest BCUT2D eigenvalue weighted by Crippen LogP contribution is -2.22. The van der Waals surface area contributed by atoms with E-state index in [0.29, 0.717) is 17.1 Å². The fourth-order valence-electron chi connectivity index (χ4n) is 3.14. The quantitative estimate of drug-likeness (QED) is 0.651. The highest BCUT2D eigenvalue weighted by Gasteiger charge is 2.27. The van der Waals surface area contributed by atoms with Crippen LogP contribution in [0.2, 0.25) is 0 Å². The van der Waals surface area contributed by atoms with Crippen molar-refractivity contribution in [3.05, 3.63) is 28.5 Å². The maximum atomic E-state index is 13.9. The van der Waals surface area contributed by atoms with Crippen molar-refractivity contribution in [1.29, 1.82) is 0 Å². The average molecular weight is 342 g/mol. The van der Waals surface area contributed by atoms with Crippen LogP contribution in [0.15, 0.2) is 22.7 Å². The summed E-state index contributed by atoms with van der Waals surface area (Å²) < 4.78 is 14.7. The summed E-state index contributed by atoms with van der Waals surface area (Å²) in [5.74, 6) is 0.611. The molecule has 1 fully saturated rings. The first-order valence-electron chi connectivity index (χ1n) is 7.58. The van der Waals surface area contributed by atoms with Gasteiger partial charge in [-0.1, -0.05) is 43.1 Å². The molecule has 20 heavy (non-hydrogen) atoms. The standard InChI is InChI=1S/C17H25BrFN/c1-17(2,3)12-5-4-6-14(9-7-12)20-16-10-8-13(18)11-15(16)19/h8,10-12,14,20H,4-7,9H2,1-3H3. The van der Waals surface area contributed by atoms with Crippen LogP contribution < -0.4 is 5.32 Å². The Hall–Kier alpha value is -0.570. The van der Waals surface area contributed by atoms with Gasteiger partial charge in [0.25, 0.3) is 0 Å². The lowest BCUT2D eigenvalue weighted by Gasteiger charge is -2.29. The van der Waals surface area contributed by atoms with Crippen molar-refractivity contribution in [2.75, 3.05) is 5.32 Å². The number of benzene rings is 1. The van der Waals surface area contributed by atoms with E-state index < -0.39 is 0 Å². The maximum Gasteiger partial charge on any atom is 0.147 e. The highest BCUT2D eigenvalue weighted by Crippen LogP contribution is 2.37. The molecule has 112 valence electrons. The highest BCUT2D eigenvalue weighted by molar-refractivity contribution is 9.10. The number of hydrogen-bond acceptors (Lipinski definition) is 1. The molecular formula is C17H25BrFN. The van der Waals surface area contributed by atoms with Crippen molar-refractivity contribution in [3.63, 3.8) is 0 Å². The van der Waals surface area contributed by atoms with Crippen LogP contribution in [-0.4, -0.2) is 6.04 Å². The summed E-state index contributed by atoms with van der Waals surface area (Å²) in [6, 6.07) is 5.64. The molecule has 0 aliphatic heterocycles. The number of hydrogen-bond donors (Lipinski definition) is 1. The Morgan fingerprint density at radius 1 is 1.15 bits per heavy atom. The molecule has 1 N–H and O–H groups in total. The minimum atomic E-state index is -0.170. The Morgan fingerprint density at radius 2 is 1.90 bits per heavy atom. The minimum Gasteiger partial charge on any atom is -0.380 e. The summed E-state index contributed by atoms with van der Waals surface area (Å²) in [6.45, 7) is 7.00. The molecule has 0 saturated heterocycles. The van der Waals surface area contributed by atoms with Gasteiger partial charge in [0.05, 0.1) is 5.69 Å². The SMILES string of the molecule is CC(C)(C)C1CCCC(Nc2ccc(Br)cc2F)CC1. The summed E-state index contributed by atoms with van der Waals surface area (Å²) in [7, 11) is 0. The fourth-order valence-corrected chi connectivity index (χ4v) is 3.47. The van der Waals surface area contributed by atoms with Gasteiger partial charge >= 0.3 is 0 Å². The van der Waals surface area contributed by atoms with Gasteiger partial charge in [0.2, 0.25) is 0 Å². The molecule has 3 heteroatoms. The van der Waals surface area contributed by atoms with E-state index in [0.717, 1.165) is 23.2 Å². The molecule has 0 heterocycles. The summed E-state index contributed by atoms with van der Waals surface area (Å²) in [5, 5.41) is 3.39. The zero-order valence-electron chi connectivity index (χ0n) is 12.7. The predicted molar refractivity (Wildman–Crippen MR) is 87.5 cm³/mol. The average Bonchev–Trinajstić information content (AvgIpc) is 2.58. The van der Waals surface area contributed by atoms with Gasteiger partial charge in [0.1, 0.15) is 5.82 Å². The van der Waals surface area contributed by atoms with Crippen LogP contribution >= 0.6 is 15.9 Å². The van der Waals surface area contributed by atoms with E-state index in [9.17, 15) is 4.39 Å². The van der Waals surface area contributed by atoms with Crippen LogP contribution in [-0.2, 0) is 0 Å². The molecule has 1 saturated carbocycles. The summed E-state index contributed by atoms with van der Waals surface area (Å²) in [4.78, 5) is 0. The topological polar surface area (TPSA) is 12.0 Å². The van der Waals surface area contributed by atoms with Gasteiger partial charge in [-0.3, -0.25) is 0 Å². The zero-order valence-corrected chi connectivity index (χ0v) is 14.3. The third-order valence-electron chi connectivity index (χ3n) is 4.48. The summed E-state index contributed by atoms with van der Waals surface area (Å²) >= 11 is 3.30. The largest absolute Gasteiger partial charge is 0.380 e. The van der Waals surface area contributed by atoms with Gasteiger partial charge in [-0.2, -0.15) is 0 Å². The van der Waals surface area contributed by atoms with Crippen LogP contribution in [0.3, 0.4) is 0 Å². The number of halogens is 2. The van der Waals surface area contributed by atoms with Gasteiger partial charge in [-0.05, 0) is 55.2 Å². The molecule has 2 rings (SSSR count). The molecular weight excluding hydrogens is 317 g/mol. The second kappa shape index (κ2) is 6.46. The molecule has 1 aromatic carbocycles. The molecule has 1 aromatic rings. The number of anilines is 1. The van der Waals surface area contributed by atoms with Crippen molar-refractivity contribution in [1.82, 2.24) is 0 Å². The molecule has 0 bridgehead atoms. The van der Waals surface area contributed by atoms with E-state index in [-0.39, 0.29) is 5.82 Å². The smallest absolute Gasteiger partial charge is 0.147 e. The van der Waals surface area contributed by atoms with E-state index in [1.807, 2.05) is 12.1 Å². The maximum absolute atomic E-state index is 13.9. The van der Waals surface area contributed by atoms with Crippen LogP contribution in [0.1, 0.15) is 52.9 Å². The highest BCUT2D eigenvalue weighted by atomic mass is 79.9. The number of rotatable bonds is 2. The van der Waals surface area contributed by atoms with Crippen molar-refractivity contribution >= 4 is 21.6 Å². The third kappa shape index (κ3) is 4.21. The van der Waals surface area contributed by atoms with Crippen LogP contribution in [0.4, 0.5) is 10.1 Å². The van der Waals surface area contributed by atoms with Crippen LogP contribution in [0, 0.1) is 17.2 Å². The minimum absolute atomic E-state index is 0.170. The van der Waals surface area contributed by atoms with Crippen molar-refractivity contribution in [3.8, 4) is 0 Å². The molecule has 2 atom stereocenters. The van der Waals surface area contributed by atoms with E-state index in [4.69, 9.17) is 0 Å². The van der Waals surface area contributed by atoms with Gasteiger partial charge in [0, 0.05) is 10.5 Å². The predicted octanol–water partition coefficient (Wildman–Crippen LogP) is 6.00. The van der Waals surface area contributed by atoms with Gasteiger partial charge in [-0.25, -0.2) is 4.39 Å². The molecule has 0 radical (unpaired) electrons. The summed E-state index contributed by atoms with van der Waals surface area (Å²) in [6.07, 6.45) is 6.04. The Morgan fingerprint density at radius 3 is 2.55 bits per heavy atom. The van der Waals surface area contributed by atoms with Crippen molar-refractivity contribution < 1.29 is 4.39 Å². The Labute approximate surface area is 130 Å². The first-order valence-corrected chi connectivity index (χ1v) is 8.37. The molecule has 0 spiro atoms. The van der Waals surface area contributed by atoms with Crippen molar-refractivity contribution in [2.24, 2.45) is 11.3 Å². The molecule has 1 aliphatic carbocycles. The monoisotopic (exact) mass is 341 g/mol. The first-order chi connectivity index (χ1) is 9.36. The van der Waals surface area contributed by atoms with Crippen molar-refractivity contribution in [2.45, 2.75) is 58.9 Å². The lowest BCUT2D eigenvalue weighted by atomic mass is 9.76.